The first-order valence-electron chi connectivity index (χ1n) is 7.28. The van der Waals surface area contributed by atoms with Crippen molar-refractivity contribution in [1.29, 1.82) is 0 Å². The molecule has 116 valence electrons. The minimum atomic E-state index is -0.0843. The van der Waals surface area contributed by atoms with E-state index >= 15 is 0 Å². The molecule has 22 heavy (non-hydrogen) atoms. The van der Waals surface area contributed by atoms with E-state index in [1.54, 1.807) is 16.7 Å². The Bertz CT molecular complexity index is 611. The second kappa shape index (κ2) is 7.84. The first-order chi connectivity index (χ1) is 10.6. The third-order valence-electron chi connectivity index (χ3n) is 3.36. The number of carbonyl (C=O) groups is 1. The lowest BCUT2D eigenvalue weighted by molar-refractivity contribution is 0.239. The van der Waals surface area contributed by atoms with Crippen molar-refractivity contribution in [1.82, 2.24) is 9.29 Å². The predicted octanol–water partition coefficient (Wildman–Crippen LogP) is 4.40. The molecule has 2 amide bonds. The quantitative estimate of drug-likeness (QED) is 0.832. The van der Waals surface area contributed by atoms with Gasteiger partial charge in [-0.25, -0.2) is 4.79 Å². The summed E-state index contributed by atoms with van der Waals surface area (Å²) in [6, 6.07) is 9.84. The van der Waals surface area contributed by atoms with Crippen LogP contribution in [0.4, 0.5) is 10.5 Å². The van der Waals surface area contributed by atoms with Gasteiger partial charge in [0.15, 0.2) is 0 Å². The molecule has 1 N–H and O–H groups in total. The monoisotopic (exact) mass is 315 g/mol. The number of carbonyl (C=O) groups excluding carboxylic acids is 1. The van der Waals surface area contributed by atoms with Crippen LogP contribution in [0.25, 0.3) is 0 Å². The van der Waals surface area contributed by atoms with Crippen LogP contribution in [0.1, 0.15) is 23.6 Å². The van der Waals surface area contributed by atoms with Crippen LogP contribution in [-0.2, 0) is 5.75 Å². The molecule has 4 nitrogen and oxygen atoms in total. The number of pyridine rings is 1. The Morgan fingerprint density at radius 3 is 2.41 bits per heavy atom. The van der Waals surface area contributed by atoms with E-state index in [4.69, 9.17) is 0 Å². The first kappa shape index (κ1) is 16.4. The Balaban J connectivity index is 2.00. The van der Waals surface area contributed by atoms with E-state index in [0.717, 1.165) is 28.1 Å². The van der Waals surface area contributed by atoms with Crippen LogP contribution >= 0.6 is 11.9 Å². The van der Waals surface area contributed by atoms with E-state index < -0.39 is 0 Å². The molecule has 0 radical (unpaired) electrons. The number of urea groups is 1. The van der Waals surface area contributed by atoms with Gasteiger partial charge in [0, 0.05) is 30.4 Å². The van der Waals surface area contributed by atoms with Crippen molar-refractivity contribution >= 4 is 23.7 Å². The average molecular weight is 315 g/mol. The third kappa shape index (κ3) is 4.24. The molecular formula is C17H21N3OS. The summed E-state index contributed by atoms with van der Waals surface area (Å²) in [6.45, 7) is 6.63. The standard InChI is InChI=1S/C17H21N3OS/c1-4-20(22-12-15-8-10-18-11-9-15)17(21)19-16-13(2)6-5-7-14(16)3/h5-11H,4,12H2,1-3H3,(H,19,21). The van der Waals surface area contributed by atoms with Gasteiger partial charge in [0.05, 0.1) is 0 Å². The molecule has 0 bridgehead atoms. The molecule has 1 aromatic heterocycles. The van der Waals surface area contributed by atoms with Crippen molar-refractivity contribution in [2.24, 2.45) is 0 Å². The molecule has 1 heterocycles. The highest BCUT2D eigenvalue weighted by atomic mass is 32.2. The summed E-state index contributed by atoms with van der Waals surface area (Å²) in [5, 5.41) is 3.02. The van der Waals surface area contributed by atoms with E-state index in [9.17, 15) is 4.79 Å². The fourth-order valence-electron chi connectivity index (χ4n) is 2.11. The summed E-state index contributed by atoms with van der Waals surface area (Å²) in [5.74, 6) is 0.747. The van der Waals surface area contributed by atoms with Crippen LogP contribution in [0.15, 0.2) is 42.7 Å². The van der Waals surface area contributed by atoms with Crippen LogP contribution in [0.2, 0.25) is 0 Å². The number of hydrogen-bond donors (Lipinski definition) is 1. The molecule has 0 saturated heterocycles. The molecule has 0 fully saturated rings. The van der Waals surface area contributed by atoms with Gasteiger partial charge >= 0.3 is 6.03 Å². The number of aryl methyl sites for hydroxylation is 2. The SMILES string of the molecule is CCN(SCc1ccncc1)C(=O)Nc1c(C)cccc1C. The highest BCUT2D eigenvalue weighted by molar-refractivity contribution is 7.96. The van der Waals surface area contributed by atoms with Crippen molar-refractivity contribution in [2.75, 3.05) is 11.9 Å². The van der Waals surface area contributed by atoms with E-state index in [0.29, 0.717) is 6.54 Å². The number of rotatable bonds is 5. The van der Waals surface area contributed by atoms with E-state index in [2.05, 4.69) is 10.3 Å². The lowest BCUT2D eigenvalue weighted by Crippen LogP contribution is -2.29. The Kier molecular flexibility index (Phi) is 5.83. The van der Waals surface area contributed by atoms with Crippen molar-refractivity contribution in [2.45, 2.75) is 26.5 Å². The summed E-state index contributed by atoms with van der Waals surface area (Å²) in [5.41, 5.74) is 4.20. The maximum atomic E-state index is 12.5. The molecule has 1 aromatic carbocycles. The van der Waals surface area contributed by atoms with Crippen molar-refractivity contribution in [3.63, 3.8) is 0 Å². The number of amides is 2. The Hall–Kier alpha value is -2.01. The number of anilines is 1. The molecule has 0 spiro atoms. The van der Waals surface area contributed by atoms with Crippen molar-refractivity contribution in [3.05, 3.63) is 59.4 Å². The van der Waals surface area contributed by atoms with Gasteiger partial charge in [-0.3, -0.25) is 9.29 Å². The molecule has 0 aliphatic heterocycles. The molecule has 5 heteroatoms. The Labute approximate surface area is 136 Å². The molecule has 0 unspecified atom stereocenters. The maximum Gasteiger partial charge on any atom is 0.331 e. The molecule has 2 aromatic rings. The fraction of sp³-hybridized carbons (Fsp3) is 0.294. The van der Waals surface area contributed by atoms with Crippen LogP contribution in [0, 0.1) is 13.8 Å². The summed E-state index contributed by atoms with van der Waals surface area (Å²) < 4.78 is 1.74. The van der Waals surface area contributed by atoms with Crippen LogP contribution < -0.4 is 5.32 Å². The zero-order valence-electron chi connectivity index (χ0n) is 13.2. The second-order valence-electron chi connectivity index (χ2n) is 5.02. The molecule has 0 aliphatic rings. The van der Waals surface area contributed by atoms with Gasteiger partial charge in [0.25, 0.3) is 0 Å². The summed E-state index contributed by atoms with van der Waals surface area (Å²) in [6.07, 6.45) is 3.53. The van der Waals surface area contributed by atoms with Gasteiger partial charge in [-0.15, -0.1) is 0 Å². The van der Waals surface area contributed by atoms with Crippen molar-refractivity contribution in [3.8, 4) is 0 Å². The van der Waals surface area contributed by atoms with Crippen LogP contribution in [-0.4, -0.2) is 21.9 Å². The lowest BCUT2D eigenvalue weighted by atomic mass is 10.1. The number of aromatic nitrogens is 1. The zero-order chi connectivity index (χ0) is 15.9. The largest absolute Gasteiger partial charge is 0.331 e. The fourth-order valence-corrected chi connectivity index (χ4v) is 2.95. The van der Waals surface area contributed by atoms with Gasteiger partial charge in [0.1, 0.15) is 0 Å². The second-order valence-corrected chi connectivity index (χ2v) is 6.01. The molecule has 2 rings (SSSR count). The normalized spacial score (nSPS) is 10.3. The predicted molar refractivity (Wildman–Crippen MR) is 92.8 cm³/mol. The van der Waals surface area contributed by atoms with Gasteiger partial charge in [-0.05, 0) is 61.5 Å². The highest BCUT2D eigenvalue weighted by Gasteiger charge is 2.14. The third-order valence-corrected chi connectivity index (χ3v) is 4.56. The number of hydrogen-bond acceptors (Lipinski definition) is 3. The Morgan fingerprint density at radius 1 is 1.18 bits per heavy atom. The van der Waals surface area contributed by atoms with Crippen molar-refractivity contribution < 1.29 is 4.79 Å². The molecule has 0 atom stereocenters. The van der Waals surface area contributed by atoms with Gasteiger partial charge < -0.3 is 5.32 Å². The zero-order valence-corrected chi connectivity index (χ0v) is 14.0. The number of nitrogens with one attached hydrogen (secondary N) is 1. The number of para-hydroxylation sites is 1. The minimum absolute atomic E-state index is 0.0843. The number of nitrogens with zero attached hydrogens (tertiary/aromatic N) is 2. The van der Waals surface area contributed by atoms with E-state index in [-0.39, 0.29) is 6.03 Å². The highest BCUT2D eigenvalue weighted by Crippen LogP contribution is 2.22. The summed E-state index contributed by atoms with van der Waals surface area (Å²) >= 11 is 1.51. The number of benzene rings is 1. The summed E-state index contributed by atoms with van der Waals surface area (Å²) in [7, 11) is 0. The van der Waals surface area contributed by atoms with E-state index in [1.165, 1.54) is 11.9 Å². The van der Waals surface area contributed by atoms with Crippen LogP contribution in [0.5, 0.6) is 0 Å². The smallest absolute Gasteiger partial charge is 0.307 e. The molecule has 0 aliphatic carbocycles. The minimum Gasteiger partial charge on any atom is -0.307 e. The molecule has 0 saturated carbocycles. The van der Waals surface area contributed by atoms with Gasteiger partial charge in [-0.1, -0.05) is 18.2 Å². The lowest BCUT2D eigenvalue weighted by Gasteiger charge is -2.21. The van der Waals surface area contributed by atoms with Gasteiger partial charge in [-0.2, -0.15) is 0 Å². The van der Waals surface area contributed by atoms with E-state index in [1.807, 2.05) is 51.1 Å². The molecular weight excluding hydrogens is 294 g/mol. The maximum absolute atomic E-state index is 12.5. The first-order valence-corrected chi connectivity index (χ1v) is 8.22. The van der Waals surface area contributed by atoms with Gasteiger partial charge in [0.2, 0.25) is 0 Å². The topological polar surface area (TPSA) is 45.2 Å². The summed E-state index contributed by atoms with van der Waals surface area (Å²) in [4.78, 5) is 16.5. The van der Waals surface area contributed by atoms with Crippen LogP contribution in [0.3, 0.4) is 0 Å². The Morgan fingerprint density at radius 2 is 1.82 bits per heavy atom. The average Bonchev–Trinajstić information content (AvgIpc) is 2.52.